The Kier molecular flexibility index (Phi) is 10.4. The summed E-state index contributed by atoms with van der Waals surface area (Å²) in [5.41, 5.74) is 0. The summed E-state index contributed by atoms with van der Waals surface area (Å²) >= 11 is 0. The first-order valence-corrected chi connectivity index (χ1v) is 13.8. The number of likely N-dealkylation sites (N-methyl/N-ethyl adjacent to an activating group) is 1. The van der Waals surface area contributed by atoms with Crippen LogP contribution in [0.3, 0.4) is 0 Å². The minimum Gasteiger partial charge on any atom is -0.344 e. The number of likely N-dealkylation sites (tertiary alicyclic amines) is 1. The maximum Gasteiger partial charge on any atom is 0.391 e. The van der Waals surface area contributed by atoms with Gasteiger partial charge in [0, 0.05) is 32.7 Å². The number of hydrogen-bond donors (Lipinski definition) is 1. The lowest BCUT2D eigenvalue weighted by Gasteiger charge is -2.43. The molecule has 36 heavy (non-hydrogen) atoms. The largest absolute Gasteiger partial charge is 0.391 e. The van der Waals surface area contributed by atoms with Gasteiger partial charge in [-0.15, -0.1) is 0 Å². The van der Waals surface area contributed by atoms with Crippen molar-refractivity contribution >= 4 is 5.91 Å². The quantitative estimate of drug-likeness (QED) is 0.393. The molecule has 3 rings (SSSR count). The molecule has 1 heterocycles. The van der Waals surface area contributed by atoms with Gasteiger partial charge in [0.2, 0.25) is 5.91 Å². The van der Waals surface area contributed by atoms with Gasteiger partial charge in [0.15, 0.2) is 0 Å². The zero-order valence-electron chi connectivity index (χ0n) is 21.6. The van der Waals surface area contributed by atoms with Crippen molar-refractivity contribution in [2.75, 3.05) is 33.2 Å². The molecule has 0 radical (unpaired) electrons. The van der Waals surface area contributed by atoms with E-state index in [0.29, 0.717) is 6.04 Å². The average molecular weight is 528 g/mol. The maximum absolute atomic E-state index is 13.7. The van der Waals surface area contributed by atoms with Crippen molar-refractivity contribution in [2.24, 2.45) is 23.7 Å². The molecule has 210 valence electrons. The fourth-order valence-corrected chi connectivity index (χ4v) is 6.70. The van der Waals surface area contributed by atoms with Crippen LogP contribution in [0.5, 0.6) is 0 Å². The summed E-state index contributed by atoms with van der Waals surface area (Å²) in [6, 6.07) is 0.190. The van der Waals surface area contributed by atoms with Crippen LogP contribution in [-0.2, 0) is 4.79 Å². The van der Waals surface area contributed by atoms with E-state index >= 15 is 0 Å². The van der Waals surface area contributed by atoms with Gasteiger partial charge in [-0.1, -0.05) is 26.2 Å². The molecule has 3 aliphatic rings. The molecule has 1 N–H and O–H groups in total. The van der Waals surface area contributed by atoms with E-state index < -0.39 is 36.5 Å². The number of hydrogen-bond acceptors (Lipinski definition) is 3. The molecule has 0 bridgehead atoms. The predicted octanol–water partition coefficient (Wildman–Crippen LogP) is 6.01. The van der Waals surface area contributed by atoms with E-state index in [1.54, 1.807) is 11.9 Å². The topological polar surface area (TPSA) is 35.6 Å². The molecular weight excluding hydrogens is 484 g/mol. The summed E-state index contributed by atoms with van der Waals surface area (Å²) in [5.74, 6) is -4.34. The lowest BCUT2D eigenvalue weighted by Crippen LogP contribution is -2.56. The number of nitrogens with zero attached hydrogens (tertiary/aromatic N) is 2. The SMILES string of the molecule is CCNC1CCN(C(C(=O)N(C)CCC2CC(C(F)(F)F)CC(C(F)(F)F)C2)C2CCCCC2)CC1. The third kappa shape index (κ3) is 7.98. The van der Waals surface area contributed by atoms with E-state index in [4.69, 9.17) is 0 Å². The van der Waals surface area contributed by atoms with Crippen LogP contribution in [0.2, 0.25) is 0 Å². The molecule has 3 atom stereocenters. The Hall–Kier alpha value is -1.03. The highest BCUT2D eigenvalue weighted by Gasteiger charge is 2.51. The highest BCUT2D eigenvalue weighted by atomic mass is 19.4. The first kappa shape index (κ1) is 29.5. The van der Waals surface area contributed by atoms with Gasteiger partial charge in [-0.3, -0.25) is 9.69 Å². The number of piperidine rings is 1. The third-order valence-electron chi connectivity index (χ3n) is 8.74. The molecule has 3 fully saturated rings. The van der Waals surface area contributed by atoms with Crippen molar-refractivity contribution in [1.82, 2.24) is 15.1 Å². The maximum atomic E-state index is 13.7. The highest BCUT2D eigenvalue weighted by molar-refractivity contribution is 5.82. The van der Waals surface area contributed by atoms with Crippen molar-refractivity contribution in [3.8, 4) is 0 Å². The van der Waals surface area contributed by atoms with Gasteiger partial charge in [0.25, 0.3) is 0 Å². The molecule has 4 nitrogen and oxygen atoms in total. The third-order valence-corrected chi connectivity index (χ3v) is 8.74. The van der Waals surface area contributed by atoms with E-state index in [-0.39, 0.29) is 43.7 Å². The monoisotopic (exact) mass is 527 g/mol. The summed E-state index contributed by atoms with van der Waals surface area (Å²) in [6.45, 7) is 4.82. The van der Waals surface area contributed by atoms with E-state index in [1.807, 2.05) is 0 Å². The average Bonchev–Trinajstić information content (AvgIpc) is 2.83. The molecule has 0 spiro atoms. The van der Waals surface area contributed by atoms with Crippen LogP contribution in [0.4, 0.5) is 26.3 Å². The summed E-state index contributed by atoms with van der Waals surface area (Å²) < 4.78 is 80.1. The van der Waals surface area contributed by atoms with Crippen LogP contribution in [0.25, 0.3) is 0 Å². The first-order chi connectivity index (χ1) is 16.9. The zero-order valence-corrected chi connectivity index (χ0v) is 21.6. The van der Waals surface area contributed by atoms with Crippen molar-refractivity contribution in [2.45, 2.75) is 102 Å². The summed E-state index contributed by atoms with van der Waals surface area (Å²) in [7, 11) is 1.66. The van der Waals surface area contributed by atoms with Gasteiger partial charge >= 0.3 is 12.4 Å². The first-order valence-electron chi connectivity index (χ1n) is 13.8. The van der Waals surface area contributed by atoms with Gasteiger partial charge in [-0.25, -0.2) is 0 Å². The Labute approximate surface area is 211 Å². The minimum absolute atomic E-state index is 0.0284. The van der Waals surface area contributed by atoms with Crippen LogP contribution in [0, 0.1) is 23.7 Å². The number of nitrogens with one attached hydrogen (secondary N) is 1. The Morgan fingerprint density at radius 3 is 1.97 bits per heavy atom. The number of rotatable bonds is 8. The smallest absolute Gasteiger partial charge is 0.344 e. The number of amides is 1. The van der Waals surface area contributed by atoms with E-state index in [9.17, 15) is 31.1 Å². The Balaban J connectivity index is 1.64. The molecular formula is C26H43F6N3O. The number of carbonyl (C=O) groups excluding carboxylic acids is 1. The number of carbonyl (C=O) groups is 1. The summed E-state index contributed by atoms with van der Waals surface area (Å²) in [6.07, 6.45) is -3.31. The van der Waals surface area contributed by atoms with Gasteiger partial charge in [0.1, 0.15) is 0 Å². The molecule has 1 saturated heterocycles. The molecule has 0 aromatic rings. The van der Waals surface area contributed by atoms with Crippen LogP contribution in [0.1, 0.15) is 77.6 Å². The fraction of sp³-hybridized carbons (Fsp3) is 0.962. The molecule has 0 aromatic carbocycles. The molecule has 1 amide bonds. The zero-order chi connectivity index (χ0) is 26.5. The van der Waals surface area contributed by atoms with Crippen molar-refractivity contribution < 1.29 is 31.1 Å². The lowest BCUT2D eigenvalue weighted by atomic mass is 9.73. The van der Waals surface area contributed by atoms with Gasteiger partial charge in [0.05, 0.1) is 17.9 Å². The lowest BCUT2D eigenvalue weighted by molar-refractivity contribution is -0.229. The second kappa shape index (κ2) is 12.7. The van der Waals surface area contributed by atoms with Gasteiger partial charge < -0.3 is 10.2 Å². The van der Waals surface area contributed by atoms with Gasteiger partial charge in [-0.05, 0) is 69.7 Å². The molecule has 2 saturated carbocycles. The number of halogens is 6. The Morgan fingerprint density at radius 1 is 0.917 bits per heavy atom. The van der Waals surface area contributed by atoms with E-state index in [1.165, 1.54) is 0 Å². The molecule has 0 aromatic heterocycles. The second-order valence-electron chi connectivity index (χ2n) is 11.3. The van der Waals surface area contributed by atoms with Crippen molar-refractivity contribution in [3.05, 3.63) is 0 Å². The Morgan fingerprint density at radius 2 is 1.47 bits per heavy atom. The second-order valence-corrected chi connectivity index (χ2v) is 11.3. The molecule has 1 aliphatic heterocycles. The van der Waals surface area contributed by atoms with Crippen LogP contribution in [-0.4, -0.2) is 73.4 Å². The van der Waals surface area contributed by atoms with Crippen LogP contribution < -0.4 is 5.32 Å². The fourth-order valence-electron chi connectivity index (χ4n) is 6.70. The van der Waals surface area contributed by atoms with Crippen LogP contribution in [0.15, 0.2) is 0 Å². The highest BCUT2D eigenvalue weighted by Crippen LogP contribution is 2.48. The van der Waals surface area contributed by atoms with Crippen molar-refractivity contribution in [3.63, 3.8) is 0 Å². The molecule has 10 heteroatoms. The summed E-state index contributed by atoms with van der Waals surface area (Å²) in [4.78, 5) is 17.5. The number of alkyl halides is 6. The minimum atomic E-state index is -4.63. The van der Waals surface area contributed by atoms with E-state index in [0.717, 1.165) is 64.6 Å². The standard InChI is InChI=1S/C26H43F6N3O/c1-3-33-22-10-13-35(14-11-22)23(19-7-5-4-6-8-19)24(36)34(2)12-9-18-15-20(25(27,28)29)17-21(16-18)26(30,31)32/h18-23,33H,3-17H2,1-2H3. The van der Waals surface area contributed by atoms with Gasteiger partial charge in [-0.2, -0.15) is 26.3 Å². The molecule has 2 aliphatic carbocycles. The summed E-state index contributed by atoms with van der Waals surface area (Å²) in [5, 5.41) is 3.48. The molecule has 3 unspecified atom stereocenters. The normalized spacial score (nSPS) is 28.7. The Bertz CT molecular complexity index is 664. The van der Waals surface area contributed by atoms with Crippen LogP contribution >= 0.6 is 0 Å². The predicted molar refractivity (Wildman–Crippen MR) is 127 cm³/mol. The van der Waals surface area contributed by atoms with Crippen molar-refractivity contribution in [1.29, 1.82) is 0 Å². The van der Waals surface area contributed by atoms with E-state index in [2.05, 4.69) is 17.1 Å².